The molecular weight excluding hydrogens is 190 g/mol. The standard InChI is InChI=1S/C11H19N3O/c1-8-9(2)14(11(15)13-8)7-10-3-5-12-6-4-10/h10,12H,3-7H2,1-2H3,(H,13,15). The molecule has 4 heteroatoms. The van der Waals surface area contributed by atoms with Gasteiger partial charge in [-0.3, -0.25) is 4.57 Å². The van der Waals surface area contributed by atoms with Gasteiger partial charge in [0.1, 0.15) is 0 Å². The molecule has 2 rings (SSSR count). The van der Waals surface area contributed by atoms with Gasteiger partial charge in [-0.1, -0.05) is 0 Å². The predicted molar refractivity (Wildman–Crippen MR) is 60.1 cm³/mol. The molecule has 4 nitrogen and oxygen atoms in total. The van der Waals surface area contributed by atoms with E-state index in [4.69, 9.17) is 0 Å². The number of H-pyrrole nitrogens is 1. The average Bonchev–Trinajstić information content (AvgIpc) is 2.47. The van der Waals surface area contributed by atoms with Crippen LogP contribution in [0.3, 0.4) is 0 Å². The van der Waals surface area contributed by atoms with Crippen LogP contribution >= 0.6 is 0 Å². The third-order valence-corrected chi connectivity index (χ3v) is 3.39. The van der Waals surface area contributed by atoms with Crippen LogP contribution in [-0.2, 0) is 6.54 Å². The van der Waals surface area contributed by atoms with E-state index in [0.717, 1.165) is 31.0 Å². The van der Waals surface area contributed by atoms with Gasteiger partial charge in [0.15, 0.2) is 0 Å². The summed E-state index contributed by atoms with van der Waals surface area (Å²) in [6.07, 6.45) is 2.35. The Kier molecular flexibility index (Phi) is 2.95. The molecule has 15 heavy (non-hydrogen) atoms. The molecule has 0 spiro atoms. The van der Waals surface area contributed by atoms with Gasteiger partial charge in [0, 0.05) is 17.9 Å². The molecule has 0 aliphatic carbocycles. The summed E-state index contributed by atoms with van der Waals surface area (Å²) in [6.45, 7) is 7.00. The first-order valence-electron chi connectivity index (χ1n) is 5.65. The lowest BCUT2D eigenvalue weighted by molar-refractivity contribution is 0.328. The number of hydrogen-bond acceptors (Lipinski definition) is 2. The Morgan fingerprint density at radius 1 is 1.33 bits per heavy atom. The summed E-state index contributed by atoms with van der Waals surface area (Å²) < 4.78 is 1.88. The Morgan fingerprint density at radius 3 is 2.53 bits per heavy atom. The molecule has 2 heterocycles. The highest BCUT2D eigenvalue weighted by Crippen LogP contribution is 2.14. The molecule has 1 fully saturated rings. The fourth-order valence-electron chi connectivity index (χ4n) is 2.22. The van der Waals surface area contributed by atoms with Crippen molar-refractivity contribution in [2.75, 3.05) is 13.1 Å². The first kappa shape index (κ1) is 10.5. The van der Waals surface area contributed by atoms with Crippen LogP contribution in [-0.4, -0.2) is 22.6 Å². The fraction of sp³-hybridized carbons (Fsp3) is 0.727. The van der Waals surface area contributed by atoms with Crippen LogP contribution < -0.4 is 11.0 Å². The van der Waals surface area contributed by atoms with Gasteiger partial charge in [-0.05, 0) is 45.7 Å². The SMILES string of the molecule is Cc1[nH]c(=O)n(CC2CCNCC2)c1C. The summed E-state index contributed by atoms with van der Waals surface area (Å²) in [5.41, 5.74) is 2.12. The largest absolute Gasteiger partial charge is 0.325 e. The summed E-state index contributed by atoms with van der Waals surface area (Å²) >= 11 is 0. The van der Waals surface area contributed by atoms with Crippen molar-refractivity contribution in [3.8, 4) is 0 Å². The third kappa shape index (κ3) is 2.15. The minimum absolute atomic E-state index is 0.0449. The molecule has 0 saturated carbocycles. The van der Waals surface area contributed by atoms with Crippen molar-refractivity contribution in [1.29, 1.82) is 0 Å². The normalized spacial score (nSPS) is 18.3. The molecule has 1 aliphatic rings. The van der Waals surface area contributed by atoms with Crippen molar-refractivity contribution in [3.63, 3.8) is 0 Å². The van der Waals surface area contributed by atoms with Gasteiger partial charge in [-0.15, -0.1) is 0 Å². The molecule has 0 radical (unpaired) electrons. The Bertz CT molecular complexity index is 385. The van der Waals surface area contributed by atoms with Gasteiger partial charge < -0.3 is 10.3 Å². The summed E-state index contributed by atoms with van der Waals surface area (Å²) in [6, 6.07) is 0. The fourth-order valence-corrected chi connectivity index (χ4v) is 2.22. The first-order valence-corrected chi connectivity index (χ1v) is 5.65. The number of nitrogens with zero attached hydrogens (tertiary/aromatic N) is 1. The second kappa shape index (κ2) is 4.23. The predicted octanol–water partition coefficient (Wildman–Crippen LogP) is 0.793. The highest BCUT2D eigenvalue weighted by Gasteiger charge is 2.16. The Hall–Kier alpha value is -1.03. The maximum Gasteiger partial charge on any atom is 0.325 e. The van der Waals surface area contributed by atoms with E-state index >= 15 is 0 Å². The smallest absolute Gasteiger partial charge is 0.317 e. The molecule has 1 saturated heterocycles. The van der Waals surface area contributed by atoms with Gasteiger partial charge in [0.25, 0.3) is 0 Å². The monoisotopic (exact) mass is 209 g/mol. The zero-order valence-electron chi connectivity index (χ0n) is 9.47. The second-order valence-electron chi connectivity index (χ2n) is 4.44. The lowest BCUT2D eigenvalue weighted by Crippen LogP contribution is -2.32. The molecule has 0 unspecified atom stereocenters. The average molecular weight is 209 g/mol. The van der Waals surface area contributed by atoms with E-state index in [-0.39, 0.29) is 5.69 Å². The highest BCUT2D eigenvalue weighted by atomic mass is 16.1. The molecule has 2 N–H and O–H groups in total. The van der Waals surface area contributed by atoms with E-state index in [2.05, 4.69) is 10.3 Å². The molecule has 0 amide bonds. The van der Waals surface area contributed by atoms with E-state index in [1.54, 1.807) is 0 Å². The van der Waals surface area contributed by atoms with Gasteiger partial charge in [0.2, 0.25) is 0 Å². The number of nitrogens with one attached hydrogen (secondary N) is 2. The Balaban J connectivity index is 2.12. The molecule has 0 bridgehead atoms. The maximum absolute atomic E-state index is 11.6. The lowest BCUT2D eigenvalue weighted by Gasteiger charge is -2.23. The number of aromatic nitrogens is 2. The van der Waals surface area contributed by atoms with Gasteiger partial charge in [-0.2, -0.15) is 0 Å². The van der Waals surface area contributed by atoms with Crippen molar-refractivity contribution in [3.05, 3.63) is 21.9 Å². The van der Waals surface area contributed by atoms with E-state index in [1.165, 1.54) is 12.8 Å². The van der Waals surface area contributed by atoms with E-state index in [9.17, 15) is 4.79 Å². The minimum atomic E-state index is 0.0449. The molecule has 1 aliphatic heterocycles. The minimum Gasteiger partial charge on any atom is -0.317 e. The summed E-state index contributed by atoms with van der Waals surface area (Å²) in [5, 5.41) is 3.34. The van der Waals surface area contributed by atoms with Gasteiger partial charge in [-0.25, -0.2) is 4.79 Å². The van der Waals surface area contributed by atoms with E-state index in [1.807, 2.05) is 18.4 Å². The van der Waals surface area contributed by atoms with Crippen LogP contribution in [0.5, 0.6) is 0 Å². The Labute approximate surface area is 89.7 Å². The van der Waals surface area contributed by atoms with Crippen molar-refractivity contribution < 1.29 is 0 Å². The second-order valence-corrected chi connectivity index (χ2v) is 4.44. The molecular formula is C11H19N3O. The van der Waals surface area contributed by atoms with Crippen molar-refractivity contribution >= 4 is 0 Å². The topological polar surface area (TPSA) is 49.8 Å². The van der Waals surface area contributed by atoms with Crippen LogP contribution in [0.4, 0.5) is 0 Å². The van der Waals surface area contributed by atoms with Crippen molar-refractivity contribution in [2.45, 2.75) is 33.2 Å². The van der Waals surface area contributed by atoms with E-state index in [0.29, 0.717) is 5.92 Å². The van der Waals surface area contributed by atoms with Crippen molar-refractivity contribution in [2.24, 2.45) is 5.92 Å². The summed E-state index contributed by atoms with van der Waals surface area (Å²) in [5.74, 6) is 0.651. The number of aromatic amines is 1. The van der Waals surface area contributed by atoms with Crippen LogP contribution in [0.1, 0.15) is 24.2 Å². The molecule has 84 valence electrons. The quantitative estimate of drug-likeness (QED) is 0.756. The molecule has 1 aromatic rings. The van der Waals surface area contributed by atoms with Crippen LogP contribution in [0.2, 0.25) is 0 Å². The highest BCUT2D eigenvalue weighted by molar-refractivity contribution is 5.08. The zero-order chi connectivity index (χ0) is 10.8. The maximum atomic E-state index is 11.6. The van der Waals surface area contributed by atoms with Crippen LogP contribution in [0, 0.1) is 19.8 Å². The first-order chi connectivity index (χ1) is 7.18. The summed E-state index contributed by atoms with van der Waals surface area (Å²) in [7, 11) is 0. The van der Waals surface area contributed by atoms with Gasteiger partial charge in [0.05, 0.1) is 0 Å². The van der Waals surface area contributed by atoms with Crippen molar-refractivity contribution in [1.82, 2.24) is 14.9 Å². The Morgan fingerprint density at radius 2 is 2.00 bits per heavy atom. The number of hydrogen-bond donors (Lipinski definition) is 2. The summed E-state index contributed by atoms with van der Waals surface area (Å²) in [4.78, 5) is 14.5. The number of aryl methyl sites for hydroxylation is 1. The number of rotatable bonds is 2. The van der Waals surface area contributed by atoms with E-state index < -0.39 is 0 Å². The zero-order valence-corrected chi connectivity index (χ0v) is 9.47. The molecule has 1 aromatic heterocycles. The van der Waals surface area contributed by atoms with Gasteiger partial charge >= 0.3 is 5.69 Å². The molecule has 0 aromatic carbocycles. The van der Waals surface area contributed by atoms with Crippen LogP contribution in [0.15, 0.2) is 4.79 Å². The number of piperidine rings is 1. The number of imidazole rings is 1. The lowest BCUT2D eigenvalue weighted by atomic mass is 9.98. The molecule has 0 atom stereocenters. The third-order valence-electron chi connectivity index (χ3n) is 3.39. The van der Waals surface area contributed by atoms with Crippen LogP contribution in [0.25, 0.3) is 0 Å².